The minimum Gasteiger partial charge on any atom is -0.336 e. The molecule has 1 atom stereocenters. The molecule has 0 radical (unpaired) electrons. The normalized spacial score (nSPS) is 18.0. The number of hydrogen-bond donors (Lipinski definition) is 1. The van der Waals surface area contributed by atoms with Crippen molar-refractivity contribution >= 4 is 15.9 Å². The van der Waals surface area contributed by atoms with E-state index in [0.717, 1.165) is 31.2 Å². The third-order valence-corrected chi connectivity index (χ3v) is 5.31. The van der Waals surface area contributed by atoms with Crippen molar-refractivity contribution in [2.45, 2.75) is 31.7 Å². The molecule has 1 N–H and O–H groups in total. The van der Waals surface area contributed by atoms with Crippen molar-refractivity contribution in [2.75, 3.05) is 19.3 Å². The number of carbonyl (C=O) groups is 1. The van der Waals surface area contributed by atoms with Crippen LogP contribution in [0.3, 0.4) is 0 Å². The predicted octanol–water partition coefficient (Wildman–Crippen LogP) is 1.81. The summed E-state index contributed by atoms with van der Waals surface area (Å²) in [5.41, 5.74) is 1.45. The van der Waals surface area contributed by atoms with E-state index in [2.05, 4.69) is 9.82 Å². The minimum absolute atomic E-state index is 0.0452. The molecule has 1 unspecified atom stereocenters. The Balaban J connectivity index is 1.69. The third kappa shape index (κ3) is 4.70. The van der Waals surface area contributed by atoms with Crippen LogP contribution in [0.1, 0.15) is 36.0 Å². The van der Waals surface area contributed by atoms with Crippen molar-refractivity contribution in [1.29, 1.82) is 0 Å². The zero-order valence-corrected chi connectivity index (χ0v) is 15.7. The quantitative estimate of drug-likeness (QED) is 0.833. The van der Waals surface area contributed by atoms with Gasteiger partial charge in [-0.1, -0.05) is 18.2 Å². The zero-order valence-electron chi connectivity index (χ0n) is 14.8. The standard InChI is InChI=1S/C18H24N4O3S/c1-26(24,25)20-11-10-16-7-5-6-12-21(16)18(23)15-13-19-22(14-15)17-8-3-2-4-9-17/h2-4,8-9,13-14,16,20H,5-7,10-12H2,1H3. The van der Waals surface area contributed by atoms with Gasteiger partial charge >= 0.3 is 0 Å². The summed E-state index contributed by atoms with van der Waals surface area (Å²) in [4.78, 5) is 14.8. The summed E-state index contributed by atoms with van der Waals surface area (Å²) in [6, 6.07) is 9.69. The van der Waals surface area contributed by atoms with Crippen LogP contribution >= 0.6 is 0 Å². The Morgan fingerprint density at radius 3 is 2.77 bits per heavy atom. The molecule has 1 aromatic carbocycles. The number of rotatable bonds is 6. The van der Waals surface area contributed by atoms with Crippen LogP contribution in [0.5, 0.6) is 0 Å². The van der Waals surface area contributed by atoms with Crippen LogP contribution in [0.4, 0.5) is 0 Å². The van der Waals surface area contributed by atoms with Crippen molar-refractivity contribution in [3.63, 3.8) is 0 Å². The van der Waals surface area contributed by atoms with E-state index in [1.807, 2.05) is 35.2 Å². The summed E-state index contributed by atoms with van der Waals surface area (Å²) in [6.45, 7) is 1.04. The van der Waals surface area contributed by atoms with Crippen LogP contribution in [0.2, 0.25) is 0 Å². The first-order chi connectivity index (χ1) is 12.4. The fourth-order valence-corrected chi connectivity index (χ4v) is 3.79. The number of hydrogen-bond acceptors (Lipinski definition) is 4. The molecule has 2 heterocycles. The number of carbonyl (C=O) groups excluding carboxylic acids is 1. The van der Waals surface area contributed by atoms with Gasteiger partial charge in [0, 0.05) is 25.3 Å². The Kier molecular flexibility index (Phi) is 5.73. The molecule has 1 aromatic heterocycles. The first kappa shape index (κ1) is 18.6. The maximum Gasteiger partial charge on any atom is 0.257 e. The molecule has 0 saturated carbocycles. The summed E-state index contributed by atoms with van der Waals surface area (Å²) >= 11 is 0. The smallest absolute Gasteiger partial charge is 0.257 e. The molecule has 1 aliphatic rings. The van der Waals surface area contributed by atoms with Gasteiger partial charge in [-0.25, -0.2) is 17.8 Å². The van der Waals surface area contributed by atoms with Gasteiger partial charge in [0.05, 0.1) is 23.7 Å². The van der Waals surface area contributed by atoms with Gasteiger partial charge in [-0.2, -0.15) is 5.10 Å². The lowest BCUT2D eigenvalue weighted by Gasteiger charge is -2.35. The van der Waals surface area contributed by atoms with Gasteiger partial charge in [-0.15, -0.1) is 0 Å². The van der Waals surface area contributed by atoms with Gasteiger partial charge in [-0.05, 0) is 37.8 Å². The molecule has 1 saturated heterocycles. The Morgan fingerprint density at radius 2 is 2.04 bits per heavy atom. The summed E-state index contributed by atoms with van der Waals surface area (Å²) < 4.78 is 26.7. The second kappa shape index (κ2) is 8.01. The highest BCUT2D eigenvalue weighted by atomic mass is 32.2. The Morgan fingerprint density at radius 1 is 1.27 bits per heavy atom. The number of nitrogens with zero attached hydrogens (tertiary/aromatic N) is 3. The lowest BCUT2D eigenvalue weighted by atomic mass is 9.98. The SMILES string of the molecule is CS(=O)(=O)NCCC1CCCCN1C(=O)c1cnn(-c2ccccc2)c1. The minimum atomic E-state index is -3.21. The Bertz CT molecular complexity index is 848. The molecule has 1 aliphatic heterocycles. The summed E-state index contributed by atoms with van der Waals surface area (Å²) in [7, 11) is -3.21. The molecule has 0 spiro atoms. The Labute approximate surface area is 154 Å². The van der Waals surface area contributed by atoms with Gasteiger partial charge in [0.1, 0.15) is 0 Å². The van der Waals surface area contributed by atoms with Gasteiger partial charge < -0.3 is 4.90 Å². The monoisotopic (exact) mass is 376 g/mol. The number of likely N-dealkylation sites (tertiary alicyclic amines) is 1. The number of benzene rings is 1. The number of sulfonamides is 1. The van der Waals surface area contributed by atoms with Crippen LogP contribution in [0.15, 0.2) is 42.7 Å². The molecule has 3 rings (SSSR count). The number of amides is 1. The van der Waals surface area contributed by atoms with Crippen molar-refractivity contribution < 1.29 is 13.2 Å². The van der Waals surface area contributed by atoms with Gasteiger partial charge in [0.25, 0.3) is 5.91 Å². The summed E-state index contributed by atoms with van der Waals surface area (Å²) in [5.74, 6) is -0.0452. The third-order valence-electron chi connectivity index (χ3n) is 4.58. The van der Waals surface area contributed by atoms with Crippen LogP contribution in [-0.4, -0.2) is 54.4 Å². The van der Waals surface area contributed by atoms with E-state index < -0.39 is 10.0 Å². The number of para-hydroxylation sites is 1. The van der Waals surface area contributed by atoms with E-state index in [1.165, 1.54) is 0 Å². The van der Waals surface area contributed by atoms with Crippen molar-refractivity contribution in [3.05, 3.63) is 48.3 Å². The van der Waals surface area contributed by atoms with Gasteiger partial charge in [0.15, 0.2) is 0 Å². The van der Waals surface area contributed by atoms with Crippen LogP contribution < -0.4 is 4.72 Å². The van der Waals surface area contributed by atoms with E-state index >= 15 is 0 Å². The van der Waals surface area contributed by atoms with Crippen molar-refractivity contribution in [2.24, 2.45) is 0 Å². The molecule has 26 heavy (non-hydrogen) atoms. The molecular weight excluding hydrogens is 352 g/mol. The number of piperidine rings is 1. The van der Waals surface area contributed by atoms with Crippen LogP contribution in [0, 0.1) is 0 Å². The molecule has 0 aliphatic carbocycles. The fourth-order valence-electron chi connectivity index (χ4n) is 3.30. The largest absolute Gasteiger partial charge is 0.336 e. The maximum absolute atomic E-state index is 12.9. The van der Waals surface area contributed by atoms with E-state index in [-0.39, 0.29) is 11.9 Å². The molecular formula is C18H24N4O3S. The number of nitrogens with one attached hydrogen (secondary N) is 1. The highest BCUT2D eigenvalue weighted by molar-refractivity contribution is 7.88. The summed E-state index contributed by atoms with van der Waals surface area (Å²) in [5, 5.41) is 4.30. The molecule has 2 aromatic rings. The van der Waals surface area contributed by atoms with Gasteiger partial charge in [0.2, 0.25) is 10.0 Å². The average Bonchev–Trinajstić information content (AvgIpc) is 3.11. The maximum atomic E-state index is 12.9. The van der Waals surface area contributed by atoms with E-state index in [0.29, 0.717) is 25.1 Å². The van der Waals surface area contributed by atoms with E-state index in [4.69, 9.17) is 0 Å². The van der Waals surface area contributed by atoms with Crippen molar-refractivity contribution in [3.8, 4) is 5.69 Å². The lowest BCUT2D eigenvalue weighted by molar-refractivity contribution is 0.0604. The van der Waals surface area contributed by atoms with E-state index in [1.54, 1.807) is 17.1 Å². The van der Waals surface area contributed by atoms with E-state index in [9.17, 15) is 13.2 Å². The molecule has 8 heteroatoms. The molecule has 0 bridgehead atoms. The number of aromatic nitrogens is 2. The second-order valence-corrected chi connectivity index (χ2v) is 8.45. The first-order valence-electron chi connectivity index (χ1n) is 8.80. The molecule has 7 nitrogen and oxygen atoms in total. The lowest BCUT2D eigenvalue weighted by Crippen LogP contribution is -2.45. The first-order valence-corrected chi connectivity index (χ1v) is 10.7. The van der Waals surface area contributed by atoms with Crippen LogP contribution in [-0.2, 0) is 10.0 Å². The highest BCUT2D eigenvalue weighted by Gasteiger charge is 2.28. The predicted molar refractivity (Wildman–Crippen MR) is 99.7 cm³/mol. The Hall–Kier alpha value is -2.19. The topological polar surface area (TPSA) is 84.3 Å². The van der Waals surface area contributed by atoms with Gasteiger partial charge in [-0.3, -0.25) is 4.79 Å². The fraction of sp³-hybridized carbons (Fsp3) is 0.444. The van der Waals surface area contributed by atoms with Crippen molar-refractivity contribution in [1.82, 2.24) is 19.4 Å². The second-order valence-electron chi connectivity index (χ2n) is 6.61. The molecule has 1 fully saturated rings. The summed E-state index contributed by atoms with van der Waals surface area (Å²) in [6.07, 6.45) is 8.02. The average molecular weight is 376 g/mol. The van der Waals surface area contributed by atoms with Crippen LogP contribution in [0.25, 0.3) is 5.69 Å². The highest BCUT2D eigenvalue weighted by Crippen LogP contribution is 2.22. The molecule has 1 amide bonds. The zero-order chi connectivity index (χ0) is 18.6. The molecule has 140 valence electrons.